The van der Waals surface area contributed by atoms with Crippen molar-refractivity contribution in [2.45, 2.75) is 32.5 Å². The van der Waals surface area contributed by atoms with Crippen molar-refractivity contribution in [2.24, 2.45) is 5.92 Å². The summed E-state index contributed by atoms with van der Waals surface area (Å²) in [5, 5.41) is 10.4. The molecule has 0 N–H and O–H groups in total. The Hall–Kier alpha value is -2.16. The van der Waals surface area contributed by atoms with Crippen molar-refractivity contribution in [3.63, 3.8) is 0 Å². The number of hydrogen-bond acceptors (Lipinski definition) is 5. The van der Waals surface area contributed by atoms with Crippen LogP contribution in [0.5, 0.6) is 0 Å². The predicted molar refractivity (Wildman–Crippen MR) is 103 cm³/mol. The first-order valence-electron chi connectivity index (χ1n) is 9.54. The van der Waals surface area contributed by atoms with Gasteiger partial charge in [0.05, 0.1) is 23.3 Å². The Morgan fingerprint density at radius 3 is 2.88 bits per heavy atom. The van der Waals surface area contributed by atoms with E-state index in [9.17, 15) is 5.26 Å². The summed E-state index contributed by atoms with van der Waals surface area (Å²) in [4.78, 5) is 9.39. The zero-order chi connectivity index (χ0) is 18.1. The first-order valence-corrected chi connectivity index (χ1v) is 9.54. The normalized spacial score (nSPS) is 27.0. The molecule has 4 rings (SSSR count). The molecule has 2 saturated heterocycles. The molecule has 0 unspecified atom stereocenters. The molecule has 0 radical (unpaired) electrons. The molecule has 1 aromatic carbocycles. The molecule has 2 aliphatic rings. The third-order valence-electron chi connectivity index (χ3n) is 5.50. The molecule has 3 heterocycles. The van der Waals surface area contributed by atoms with E-state index in [4.69, 9.17) is 4.74 Å². The largest absolute Gasteiger partial charge is 0.370 e. The highest BCUT2D eigenvalue weighted by molar-refractivity contribution is 5.95. The minimum Gasteiger partial charge on any atom is -0.370 e. The lowest BCUT2D eigenvalue weighted by Gasteiger charge is -2.40. The zero-order valence-electron chi connectivity index (χ0n) is 15.6. The van der Waals surface area contributed by atoms with Crippen molar-refractivity contribution in [1.29, 1.82) is 5.26 Å². The smallest absolute Gasteiger partial charge is 0.101 e. The molecule has 136 valence electrons. The Bertz CT molecular complexity index is 830. The molecule has 3 atom stereocenters. The van der Waals surface area contributed by atoms with Gasteiger partial charge in [-0.2, -0.15) is 5.26 Å². The molecule has 26 heavy (non-hydrogen) atoms. The first-order chi connectivity index (χ1) is 12.6. The van der Waals surface area contributed by atoms with Crippen LogP contribution in [0.4, 0.5) is 5.69 Å². The SMILES string of the molecule is C[C@@H]1CCN(C[C@@H]2CN(c3ccc(C#N)c4ncccc34)C[C@@H](C)O2)C1. The summed E-state index contributed by atoms with van der Waals surface area (Å²) in [5.74, 6) is 0.792. The molecule has 1 aromatic heterocycles. The third-order valence-corrected chi connectivity index (χ3v) is 5.50. The summed E-state index contributed by atoms with van der Waals surface area (Å²) in [5.41, 5.74) is 2.58. The van der Waals surface area contributed by atoms with Gasteiger partial charge < -0.3 is 14.5 Å². The highest BCUT2D eigenvalue weighted by Gasteiger charge is 2.30. The number of anilines is 1. The van der Waals surface area contributed by atoms with E-state index in [0.29, 0.717) is 5.56 Å². The number of likely N-dealkylation sites (tertiary alicyclic amines) is 1. The Kier molecular flexibility index (Phi) is 4.80. The minimum atomic E-state index is 0.191. The Morgan fingerprint density at radius 2 is 2.12 bits per heavy atom. The van der Waals surface area contributed by atoms with Gasteiger partial charge in [0.1, 0.15) is 6.07 Å². The van der Waals surface area contributed by atoms with E-state index in [2.05, 4.69) is 46.8 Å². The van der Waals surface area contributed by atoms with Crippen LogP contribution < -0.4 is 4.90 Å². The number of benzene rings is 1. The van der Waals surface area contributed by atoms with Gasteiger partial charge in [-0.1, -0.05) is 6.92 Å². The van der Waals surface area contributed by atoms with Crippen LogP contribution in [0, 0.1) is 17.2 Å². The van der Waals surface area contributed by atoms with Gasteiger partial charge in [0, 0.05) is 43.4 Å². The van der Waals surface area contributed by atoms with Gasteiger partial charge in [0.15, 0.2) is 0 Å². The van der Waals surface area contributed by atoms with E-state index < -0.39 is 0 Å². The summed E-state index contributed by atoms with van der Waals surface area (Å²) >= 11 is 0. The van der Waals surface area contributed by atoms with Crippen LogP contribution in [0.15, 0.2) is 30.5 Å². The molecule has 2 aromatic rings. The van der Waals surface area contributed by atoms with Crippen LogP contribution in [-0.4, -0.2) is 54.8 Å². The monoisotopic (exact) mass is 350 g/mol. The number of morpholine rings is 1. The highest BCUT2D eigenvalue weighted by Crippen LogP contribution is 2.30. The van der Waals surface area contributed by atoms with E-state index in [1.807, 2.05) is 12.1 Å². The van der Waals surface area contributed by atoms with Crippen LogP contribution in [0.25, 0.3) is 10.9 Å². The fourth-order valence-electron chi connectivity index (χ4n) is 4.35. The van der Waals surface area contributed by atoms with Crippen molar-refractivity contribution >= 4 is 16.6 Å². The molecular formula is C21H26N4O. The van der Waals surface area contributed by atoms with Crippen LogP contribution in [0.3, 0.4) is 0 Å². The fraction of sp³-hybridized carbons (Fsp3) is 0.524. The maximum Gasteiger partial charge on any atom is 0.101 e. The molecule has 0 aliphatic carbocycles. The van der Waals surface area contributed by atoms with Gasteiger partial charge in [-0.3, -0.25) is 4.98 Å². The average Bonchev–Trinajstić information content (AvgIpc) is 3.05. The highest BCUT2D eigenvalue weighted by atomic mass is 16.5. The number of hydrogen-bond donors (Lipinski definition) is 0. The molecule has 2 fully saturated rings. The predicted octanol–water partition coefficient (Wildman–Crippen LogP) is 3.04. The maximum atomic E-state index is 9.37. The molecule has 0 saturated carbocycles. The summed E-state index contributed by atoms with van der Waals surface area (Å²) in [6.45, 7) is 9.57. The van der Waals surface area contributed by atoms with Gasteiger partial charge in [0.25, 0.3) is 0 Å². The van der Waals surface area contributed by atoms with E-state index >= 15 is 0 Å². The minimum absolute atomic E-state index is 0.191. The molecule has 5 heteroatoms. The molecule has 0 amide bonds. The van der Waals surface area contributed by atoms with E-state index in [1.54, 1.807) is 6.20 Å². The third kappa shape index (κ3) is 3.40. The van der Waals surface area contributed by atoms with Crippen molar-refractivity contribution in [1.82, 2.24) is 9.88 Å². The summed E-state index contributed by atoms with van der Waals surface area (Å²) in [6, 6.07) is 10.2. The van der Waals surface area contributed by atoms with Crippen molar-refractivity contribution in [3.05, 3.63) is 36.0 Å². The quantitative estimate of drug-likeness (QED) is 0.852. The van der Waals surface area contributed by atoms with Crippen molar-refractivity contribution < 1.29 is 4.74 Å². The average molecular weight is 350 g/mol. The second-order valence-corrected chi connectivity index (χ2v) is 7.77. The number of nitrogens with zero attached hydrogens (tertiary/aromatic N) is 4. The van der Waals surface area contributed by atoms with Gasteiger partial charge in [0.2, 0.25) is 0 Å². The molecule has 5 nitrogen and oxygen atoms in total. The lowest BCUT2D eigenvalue weighted by molar-refractivity contribution is -0.0297. The van der Waals surface area contributed by atoms with Crippen LogP contribution >= 0.6 is 0 Å². The number of rotatable bonds is 3. The van der Waals surface area contributed by atoms with Crippen molar-refractivity contribution in [3.8, 4) is 6.07 Å². The van der Waals surface area contributed by atoms with Crippen LogP contribution in [0.2, 0.25) is 0 Å². The summed E-state index contributed by atoms with van der Waals surface area (Å²) < 4.78 is 6.24. The lowest BCUT2D eigenvalue weighted by atomic mass is 10.1. The number of ether oxygens (including phenoxy) is 1. The topological polar surface area (TPSA) is 52.4 Å². The Balaban J connectivity index is 1.59. The van der Waals surface area contributed by atoms with Crippen molar-refractivity contribution in [2.75, 3.05) is 37.6 Å². The Labute approximate surface area is 155 Å². The van der Waals surface area contributed by atoms with Gasteiger partial charge in [-0.15, -0.1) is 0 Å². The van der Waals surface area contributed by atoms with E-state index in [0.717, 1.165) is 42.1 Å². The lowest BCUT2D eigenvalue weighted by Crippen LogP contribution is -2.50. The Morgan fingerprint density at radius 1 is 1.23 bits per heavy atom. The standard InChI is InChI=1S/C21H26N4O/c1-15-7-9-24(11-15)13-18-14-25(12-16(2)26-18)20-6-5-17(10-22)21-19(20)4-3-8-23-21/h3-6,8,15-16,18H,7,9,11-14H2,1-2H3/t15-,16-,18-/m1/s1. The summed E-state index contributed by atoms with van der Waals surface area (Å²) in [6.07, 6.45) is 3.45. The fourth-order valence-corrected chi connectivity index (χ4v) is 4.35. The van der Waals surface area contributed by atoms with Gasteiger partial charge in [-0.25, -0.2) is 0 Å². The van der Waals surface area contributed by atoms with Crippen LogP contribution in [-0.2, 0) is 4.74 Å². The number of pyridine rings is 1. The summed E-state index contributed by atoms with van der Waals surface area (Å²) in [7, 11) is 0. The van der Waals surface area contributed by atoms with Crippen LogP contribution in [0.1, 0.15) is 25.8 Å². The second kappa shape index (κ2) is 7.22. The van der Waals surface area contributed by atoms with Gasteiger partial charge in [-0.05, 0) is 50.1 Å². The van der Waals surface area contributed by atoms with Gasteiger partial charge >= 0.3 is 0 Å². The van der Waals surface area contributed by atoms with E-state index in [1.165, 1.54) is 19.5 Å². The number of nitriles is 1. The zero-order valence-corrected chi connectivity index (χ0v) is 15.6. The molecule has 2 aliphatic heterocycles. The molecular weight excluding hydrogens is 324 g/mol. The van der Waals surface area contributed by atoms with E-state index in [-0.39, 0.29) is 12.2 Å². The molecule has 0 spiro atoms. The first kappa shape index (κ1) is 17.3. The molecule has 0 bridgehead atoms. The number of fused-ring (bicyclic) bond motifs is 1. The number of aromatic nitrogens is 1. The second-order valence-electron chi connectivity index (χ2n) is 7.77. The maximum absolute atomic E-state index is 9.37.